The summed E-state index contributed by atoms with van der Waals surface area (Å²) in [5.41, 5.74) is 2.23. The second-order valence-corrected chi connectivity index (χ2v) is 9.69. The van der Waals surface area contributed by atoms with Crippen molar-refractivity contribution in [3.63, 3.8) is 0 Å². The summed E-state index contributed by atoms with van der Waals surface area (Å²) in [7, 11) is 1.66. The average molecular weight is 473 g/mol. The predicted octanol–water partition coefficient (Wildman–Crippen LogP) is 1.73. The van der Waals surface area contributed by atoms with Crippen LogP contribution in [0.4, 0.5) is 5.82 Å². The van der Waals surface area contributed by atoms with E-state index < -0.39 is 24.4 Å². The second-order valence-electron chi connectivity index (χ2n) is 8.63. The Bertz CT molecular complexity index is 1130. The van der Waals surface area contributed by atoms with Gasteiger partial charge in [0.25, 0.3) is 0 Å². The van der Waals surface area contributed by atoms with Crippen molar-refractivity contribution in [2.24, 2.45) is 0 Å². The Morgan fingerprint density at radius 1 is 1.12 bits per heavy atom. The number of ether oxygens (including phenoxy) is 1. The lowest BCUT2D eigenvalue weighted by Crippen LogP contribution is -2.31. The van der Waals surface area contributed by atoms with Gasteiger partial charge in [-0.1, -0.05) is 36.0 Å². The van der Waals surface area contributed by atoms with Gasteiger partial charge in [-0.25, -0.2) is 14.6 Å². The number of aliphatic hydroxyl groups is 3. The van der Waals surface area contributed by atoms with Crippen LogP contribution in [0.2, 0.25) is 0 Å². The number of thioether (sulfide) groups is 1. The van der Waals surface area contributed by atoms with Gasteiger partial charge in [0.05, 0.1) is 19.3 Å². The fraction of sp³-hybridized carbons (Fsp3) is 0.545. The van der Waals surface area contributed by atoms with Crippen LogP contribution in [0.1, 0.15) is 43.7 Å². The molecule has 0 amide bonds. The highest BCUT2D eigenvalue weighted by Gasteiger charge is 2.43. The van der Waals surface area contributed by atoms with Crippen LogP contribution in [0.25, 0.3) is 11.2 Å². The Labute approximate surface area is 195 Å². The van der Waals surface area contributed by atoms with Crippen LogP contribution in [0.15, 0.2) is 29.4 Å². The van der Waals surface area contributed by atoms with Crippen molar-refractivity contribution in [3.05, 3.63) is 29.8 Å². The molecule has 10 nitrogen and oxygen atoms in total. The summed E-state index contributed by atoms with van der Waals surface area (Å²) < 4.78 is 6.76. The van der Waals surface area contributed by atoms with E-state index in [2.05, 4.69) is 39.7 Å². The van der Waals surface area contributed by atoms with Gasteiger partial charge in [-0.15, -0.1) is 5.10 Å². The topological polar surface area (TPSA) is 138 Å². The second kappa shape index (κ2) is 9.05. The smallest absolute Gasteiger partial charge is 0.191 e. The zero-order valence-electron chi connectivity index (χ0n) is 18.5. The van der Waals surface area contributed by atoms with E-state index in [1.54, 1.807) is 18.9 Å². The third-order valence-electron chi connectivity index (χ3n) is 6.33. The molecule has 2 saturated carbocycles. The minimum Gasteiger partial charge on any atom is -0.497 e. The quantitative estimate of drug-likeness (QED) is 0.283. The molecule has 11 heteroatoms. The average Bonchev–Trinajstić information content (AvgIpc) is 3.39. The molecule has 2 aliphatic rings. The van der Waals surface area contributed by atoms with Crippen molar-refractivity contribution < 1.29 is 20.1 Å². The largest absolute Gasteiger partial charge is 0.497 e. The van der Waals surface area contributed by atoms with Crippen LogP contribution >= 0.6 is 11.8 Å². The first-order chi connectivity index (χ1) is 16.0. The maximum atomic E-state index is 10.4. The lowest BCUT2D eigenvalue weighted by Gasteiger charge is -2.16. The van der Waals surface area contributed by atoms with Crippen LogP contribution < -0.4 is 10.1 Å². The van der Waals surface area contributed by atoms with E-state index in [-0.39, 0.29) is 12.5 Å². The maximum Gasteiger partial charge on any atom is 0.191 e. The molecule has 2 aliphatic carbocycles. The lowest BCUT2D eigenvalue weighted by molar-refractivity contribution is -0.0253. The minimum atomic E-state index is -1.22. The number of hydrogen-bond acceptors (Lipinski definition) is 10. The van der Waals surface area contributed by atoms with Crippen molar-refractivity contribution in [1.82, 2.24) is 25.0 Å². The van der Waals surface area contributed by atoms with E-state index >= 15 is 0 Å². The summed E-state index contributed by atoms with van der Waals surface area (Å²) >= 11 is 1.55. The fourth-order valence-corrected chi connectivity index (χ4v) is 5.06. The lowest BCUT2D eigenvalue weighted by atomic mass is 10.1. The summed E-state index contributed by atoms with van der Waals surface area (Å²) in [6, 6.07) is 7.70. The van der Waals surface area contributed by atoms with Crippen LogP contribution in [0.5, 0.6) is 5.75 Å². The van der Waals surface area contributed by atoms with Gasteiger partial charge in [0, 0.05) is 24.1 Å². The molecule has 5 rings (SSSR count). The summed E-state index contributed by atoms with van der Waals surface area (Å²) in [4.78, 5) is 9.35. The number of rotatable bonds is 8. The Morgan fingerprint density at radius 3 is 2.58 bits per heavy atom. The number of benzene rings is 1. The van der Waals surface area contributed by atoms with Gasteiger partial charge < -0.3 is 25.4 Å². The van der Waals surface area contributed by atoms with Gasteiger partial charge in [-0.2, -0.15) is 0 Å². The molecular weight excluding hydrogens is 444 g/mol. The number of methoxy groups -OCH3 is 1. The molecule has 6 atom stereocenters. The maximum absolute atomic E-state index is 10.4. The zero-order chi connectivity index (χ0) is 23.1. The predicted molar refractivity (Wildman–Crippen MR) is 124 cm³/mol. The van der Waals surface area contributed by atoms with Crippen LogP contribution in [0, 0.1) is 0 Å². The molecule has 1 aromatic carbocycles. The van der Waals surface area contributed by atoms with Gasteiger partial charge in [-0.3, -0.25) is 0 Å². The van der Waals surface area contributed by atoms with E-state index in [1.807, 2.05) is 12.1 Å². The molecule has 0 saturated heterocycles. The van der Waals surface area contributed by atoms with E-state index in [0.717, 1.165) is 24.3 Å². The fourth-order valence-electron chi connectivity index (χ4n) is 4.37. The van der Waals surface area contributed by atoms with Crippen LogP contribution in [-0.4, -0.2) is 77.5 Å². The third kappa shape index (κ3) is 4.25. The zero-order valence-corrected chi connectivity index (χ0v) is 19.3. The Hall–Kier alpha value is -2.47. The molecule has 4 N–H and O–H groups in total. The first-order valence-electron chi connectivity index (χ1n) is 11.2. The number of nitrogens with zero attached hydrogens (tertiary/aromatic N) is 5. The minimum absolute atomic E-state index is 0.174. The first kappa shape index (κ1) is 22.3. The van der Waals surface area contributed by atoms with E-state index in [4.69, 9.17) is 9.72 Å². The molecule has 0 aliphatic heterocycles. The number of aromatic nitrogens is 5. The third-order valence-corrected chi connectivity index (χ3v) is 7.38. The highest BCUT2D eigenvalue weighted by molar-refractivity contribution is 7.99. The Morgan fingerprint density at radius 2 is 1.91 bits per heavy atom. The summed E-state index contributed by atoms with van der Waals surface area (Å²) in [5, 5.41) is 43.1. The summed E-state index contributed by atoms with van der Waals surface area (Å²) in [6.07, 6.45) is -1.26. The van der Waals surface area contributed by atoms with Crippen molar-refractivity contribution in [3.8, 4) is 5.75 Å². The summed E-state index contributed by atoms with van der Waals surface area (Å²) in [6.45, 7) is 2.10. The monoisotopic (exact) mass is 472 g/mol. The highest BCUT2D eigenvalue weighted by atomic mass is 32.2. The normalized spacial score (nSPS) is 28.9. The van der Waals surface area contributed by atoms with Crippen molar-refractivity contribution >= 4 is 28.7 Å². The molecule has 2 aromatic heterocycles. The number of anilines is 1. The van der Waals surface area contributed by atoms with Gasteiger partial charge >= 0.3 is 0 Å². The molecular formula is C22H28N6O4S. The van der Waals surface area contributed by atoms with Gasteiger partial charge in [-0.05, 0) is 30.5 Å². The van der Waals surface area contributed by atoms with Crippen molar-refractivity contribution in [2.45, 2.75) is 67.7 Å². The van der Waals surface area contributed by atoms with Crippen LogP contribution in [-0.2, 0) is 0 Å². The first-order valence-corrected chi connectivity index (χ1v) is 12.2. The standard InChI is InChI=1S/C22H28N6O4S/c1-3-8-33-22-24-20(23-14-9-13(14)11-4-6-12(32-2)7-5-11)17-21(25-22)28(27-26-17)15-10-16(29)19(31)18(15)30/h4-7,13-16,18-19,29-31H,3,8-10H2,1-2H3,(H,23,24,25)/t13?,14?,15-,16+,18+,19-/m0/s1. The van der Waals surface area contributed by atoms with Crippen molar-refractivity contribution in [1.29, 1.82) is 0 Å². The van der Waals surface area contributed by atoms with E-state index in [1.165, 1.54) is 10.2 Å². The molecule has 0 radical (unpaired) electrons. The molecule has 0 spiro atoms. The molecule has 0 bridgehead atoms. The number of aliphatic hydroxyl groups excluding tert-OH is 3. The van der Waals surface area contributed by atoms with E-state index in [0.29, 0.717) is 28.1 Å². The number of nitrogens with one attached hydrogen (secondary N) is 1. The Balaban J connectivity index is 1.43. The van der Waals surface area contributed by atoms with Gasteiger partial charge in [0.15, 0.2) is 22.1 Å². The molecule has 3 aromatic rings. The van der Waals surface area contributed by atoms with Crippen molar-refractivity contribution in [2.75, 3.05) is 18.2 Å². The van der Waals surface area contributed by atoms with Crippen LogP contribution in [0.3, 0.4) is 0 Å². The molecule has 176 valence electrons. The van der Waals surface area contributed by atoms with Gasteiger partial charge in [0.2, 0.25) is 0 Å². The number of fused-ring (bicyclic) bond motifs is 1. The van der Waals surface area contributed by atoms with Gasteiger partial charge in [0.1, 0.15) is 18.0 Å². The number of hydrogen-bond donors (Lipinski definition) is 4. The molecule has 2 unspecified atom stereocenters. The SMILES string of the molecule is CCCSc1nc(NC2CC2c2ccc(OC)cc2)c2nnn([C@H]3C[C@@H](O)[C@H](O)[C@@H]3O)c2n1. The molecule has 33 heavy (non-hydrogen) atoms. The molecule has 2 fully saturated rings. The highest BCUT2D eigenvalue weighted by Crippen LogP contribution is 2.44. The molecule has 2 heterocycles. The summed E-state index contributed by atoms with van der Waals surface area (Å²) in [5.74, 6) is 2.68. The Kier molecular flexibility index (Phi) is 6.12. The van der Waals surface area contributed by atoms with E-state index in [9.17, 15) is 15.3 Å².